The van der Waals surface area contributed by atoms with Gasteiger partial charge in [0.15, 0.2) is 0 Å². The molecule has 0 fully saturated rings. The zero-order valence-corrected chi connectivity index (χ0v) is 7.57. The van der Waals surface area contributed by atoms with Crippen LogP contribution in [0, 0.1) is 6.92 Å². The minimum absolute atomic E-state index is 0.227. The Morgan fingerprint density at radius 2 is 2.17 bits per heavy atom. The molecule has 0 amide bonds. The Morgan fingerprint density at radius 3 is 2.67 bits per heavy atom. The van der Waals surface area contributed by atoms with Gasteiger partial charge in [-0.3, -0.25) is 4.98 Å². The first-order chi connectivity index (χ1) is 5.72. The number of aromatic nitrogens is 1. The maximum atomic E-state index is 5.33. The van der Waals surface area contributed by atoms with Gasteiger partial charge in [-0.2, -0.15) is 0 Å². The molecule has 0 unspecified atom stereocenters. The van der Waals surface area contributed by atoms with E-state index in [0.29, 0.717) is 0 Å². The summed E-state index contributed by atoms with van der Waals surface area (Å²) in [7, 11) is 1.38. The summed E-state index contributed by atoms with van der Waals surface area (Å²) >= 11 is 0. The Kier molecular flexibility index (Phi) is 3.11. The van der Waals surface area contributed by atoms with Gasteiger partial charge in [0, 0.05) is 12.8 Å². The number of hydrogen-bond acceptors (Lipinski definition) is 3. The van der Waals surface area contributed by atoms with Gasteiger partial charge >= 0.3 is 7.12 Å². The molecule has 0 aliphatic heterocycles. The van der Waals surface area contributed by atoms with Crippen molar-refractivity contribution in [2.24, 2.45) is 0 Å². The summed E-state index contributed by atoms with van der Waals surface area (Å²) < 4.78 is 10.3. The van der Waals surface area contributed by atoms with Gasteiger partial charge in [0.05, 0.1) is 6.20 Å². The highest BCUT2D eigenvalue weighted by molar-refractivity contribution is 6.43. The number of pyridine rings is 1. The Bertz CT molecular complexity index is 237. The van der Waals surface area contributed by atoms with E-state index in [4.69, 9.17) is 9.31 Å². The molecule has 0 saturated carbocycles. The summed E-state index contributed by atoms with van der Waals surface area (Å²) in [5.41, 5.74) is 0.979. The summed E-state index contributed by atoms with van der Waals surface area (Å²) in [6.07, 6.45) is 1.69. The highest BCUT2D eigenvalue weighted by Crippen LogP contribution is 2.09. The van der Waals surface area contributed by atoms with Gasteiger partial charge in [0.1, 0.15) is 5.75 Å². The third kappa shape index (κ3) is 2.55. The standard InChI is InChI=1S/C8H12BNO2/c1-7-4-5-8(6-10-7)12-9(2)11-3/h4-6H,1-3H3. The van der Waals surface area contributed by atoms with Crippen LogP contribution in [0.25, 0.3) is 0 Å². The van der Waals surface area contributed by atoms with Crippen molar-refractivity contribution in [1.29, 1.82) is 0 Å². The summed E-state index contributed by atoms with van der Waals surface area (Å²) in [4.78, 5) is 4.09. The van der Waals surface area contributed by atoms with Crippen LogP contribution in [-0.4, -0.2) is 19.2 Å². The van der Waals surface area contributed by atoms with E-state index in [1.54, 1.807) is 13.3 Å². The average Bonchev–Trinajstić information content (AvgIpc) is 2.09. The molecule has 0 radical (unpaired) electrons. The van der Waals surface area contributed by atoms with E-state index in [9.17, 15) is 0 Å². The van der Waals surface area contributed by atoms with Crippen molar-refractivity contribution >= 4 is 7.12 Å². The van der Waals surface area contributed by atoms with E-state index in [-0.39, 0.29) is 7.12 Å². The molecule has 1 aromatic heterocycles. The number of rotatable bonds is 3. The fraction of sp³-hybridized carbons (Fsp3) is 0.375. The van der Waals surface area contributed by atoms with Crippen LogP contribution in [0.4, 0.5) is 0 Å². The molecular formula is C8H12BNO2. The van der Waals surface area contributed by atoms with Gasteiger partial charge in [-0.05, 0) is 25.9 Å². The predicted molar refractivity (Wildman–Crippen MR) is 48.2 cm³/mol. The van der Waals surface area contributed by atoms with Crippen molar-refractivity contribution in [2.45, 2.75) is 13.7 Å². The quantitative estimate of drug-likeness (QED) is 0.636. The Morgan fingerprint density at radius 1 is 1.42 bits per heavy atom. The lowest BCUT2D eigenvalue weighted by atomic mass is 9.96. The Balaban J connectivity index is 2.58. The van der Waals surface area contributed by atoms with Crippen LogP contribution in [0.3, 0.4) is 0 Å². The summed E-state index contributed by atoms with van der Waals surface area (Å²) in [6.45, 7) is 3.77. The smallest absolute Gasteiger partial charge is 0.521 e. The van der Waals surface area contributed by atoms with E-state index >= 15 is 0 Å². The number of aryl methyl sites for hydroxylation is 1. The number of nitrogens with zero attached hydrogens (tertiary/aromatic N) is 1. The second kappa shape index (κ2) is 4.11. The van der Waals surface area contributed by atoms with Gasteiger partial charge < -0.3 is 9.31 Å². The first kappa shape index (κ1) is 9.07. The fourth-order valence-corrected chi connectivity index (χ4v) is 0.764. The molecule has 64 valence electrons. The van der Waals surface area contributed by atoms with Gasteiger partial charge in [0.25, 0.3) is 0 Å². The monoisotopic (exact) mass is 165 g/mol. The topological polar surface area (TPSA) is 31.4 Å². The maximum absolute atomic E-state index is 5.33. The van der Waals surface area contributed by atoms with E-state index < -0.39 is 0 Å². The normalized spacial score (nSPS) is 9.58. The van der Waals surface area contributed by atoms with Crippen LogP contribution in [0.1, 0.15) is 5.69 Å². The lowest BCUT2D eigenvalue weighted by molar-refractivity contribution is 0.341. The molecule has 0 aliphatic rings. The zero-order valence-electron chi connectivity index (χ0n) is 7.57. The first-order valence-electron chi connectivity index (χ1n) is 3.84. The summed E-state index contributed by atoms with van der Waals surface area (Å²) in [5.74, 6) is 0.731. The molecular weight excluding hydrogens is 153 g/mol. The summed E-state index contributed by atoms with van der Waals surface area (Å²) in [6, 6.07) is 3.77. The van der Waals surface area contributed by atoms with Crippen molar-refractivity contribution in [3.05, 3.63) is 24.0 Å². The second-order valence-electron chi connectivity index (χ2n) is 2.56. The SMILES string of the molecule is COB(C)Oc1ccc(C)nc1. The maximum Gasteiger partial charge on any atom is 0.521 e. The fourth-order valence-electron chi connectivity index (χ4n) is 0.764. The third-order valence-corrected chi connectivity index (χ3v) is 1.52. The molecule has 0 saturated heterocycles. The van der Waals surface area contributed by atoms with E-state index in [2.05, 4.69) is 4.98 Å². The van der Waals surface area contributed by atoms with E-state index in [1.807, 2.05) is 25.9 Å². The van der Waals surface area contributed by atoms with Crippen molar-refractivity contribution < 1.29 is 9.31 Å². The molecule has 1 rings (SSSR count). The molecule has 1 heterocycles. The van der Waals surface area contributed by atoms with Gasteiger partial charge in [0.2, 0.25) is 0 Å². The minimum Gasteiger partial charge on any atom is -0.535 e. The molecule has 0 N–H and O–H groups in total. The van der Waals surface area contributed by atoms with Crippen LogP contribution < -0.4 is 4.65 Å². The minimum atomic E-state index is -0.227. The van der Waals surface area contributed by atoms with Crippen molar-refractivity contribution in [1.82, 2.24) is 4.98 Å². The molecule has 0 spiro atoms. The molecule has 0 aromatic carbocycles. The molecule has 4 heteroatoms. The Labute approximate surface area is 72.9 Å². The van der Waals surface area contributed by atoms with Gasteiger partial charge in [-0.1, -0.05) is 0 Å². The predicted octanol–water partition coefficient (Wildman–Crippen LogP) is 1.53. The largest absolute Gasteiger partial charge is 0.535 e. The van der Waals surface area contributed by atoms with Crippen LogP contribution in [0.15, 0.2) is 18.3 Å². The van der Waals surface area contributed by atoms with Gasteiger partial charge in [-0.15, -0.1) is 0 Å². The lowest BCUT2D eigenvalue weighted by Gasteiger charge is -2.08. The molecule has 0 atom stereocenters. The molecule has 12 heavy (non-hydrogen) atoms. The molecule has 0 bridgehead atoms. The average molecular weight is 165 g/mol. The first-order valence-corrected chi connectivity index (χ1v) is 3.84. The van der Waals surface area contributed by atoms with Crippen molar-refractivity contribution in [3.63, 3.8) is 0 Å². The highest BCUT2D eigenvalue weighted by atomic mass is 16.6. The highest BCUT2D eigenvalue weighted by Gasteiger charge is 2.09. The summed E-state index contributed by atoms with van der Waals surface area (Å²) in [5, 5.41) is 0. The zero-order chi connectivity index (χ0) is 8.97. The van der Waals surface area contributed by atoms with Gasteiger partial charge in [-0.25, -0.2) is 0 Å². The van der Waals surface area contributed by atoms with Crippen molar-refractivity contribution in [3.8, 4) is 5.75 Å². The number of hydrogen-bond donors (Lipinski definition) is 0. The Hall–Kier alpha value is -1.03. The van der Waals surface area contributed by atoms with Crippen LogP contribution >= 0.6 is 0 Å². The molecule has 1 aromatic rings. The molecule has 0 aliphatic carbocycles. The van der Waals surface area contributed by atoms with Crippen LogP contribution in [-0.2, 0) is 4.65 Å². The van der Waals surface area contributed by atoms with Crippen LogP contribution in [0.2, 0.25) is 6.82 Å². The van der Waals surface area contributed by atoms with Crippen molar-refractivity contribution in [2.75, 3.05) is 7.11 Å². The van der Waals surface area contributed by atoms with Crippen LogP contribution in [0.5, 0.6) is 5.75 Å². The second-order valence-corrected chi connectivity index (χ2v) is 2.56. The lowest BCUT2D eigenvalue weighted by Crippen LogP contribution is -2.19. The third-order valence-electron chi connectivity index (χ3n) is 1.52. The molecule has 3 nitrogen and oxygen atoms in total. The van der Waals surface area contributed by atoms with E-state index in [1.165, 1.54) is 0 Å². The van der Waals surface area contributed by atoms with E-state index in [0.717, 1.165) is 11.4 Å².